The molecular formula is C15H16F3N3O2S. The number of hydrogen-bond donors (Lipinski definition) is 0. The van der Waals surface area contributed by atoms with Crippen LogP contribution in [-0.2, 0) is 11.3 Å². The van der Waals surface area contributed by atoms with E-state index in [1.54, 1.807) is 0 Å². The third-order valence-electron chi connectivity index (χ3n) is 4.27. The van der Waals surface area contributed by atoms with Crippen molar-refractivity contribution in [1.29, 1.82) is 0 Å². The van der Waals surface area contributed by atoms with Crippen molar-refractivity contribution in [3.8, 4) is 0 Å². The third kappa shape index (κ3) is 3.17. The number of aromatic nitrogens is 2. The van der Waals surface area contributed by atoms with E-state index in [1.807, 2.05) is 12.3 Å². The Bertz CT molecular complexity index is 827. The first-order valence-electron chi connectivity index (χ1n) is 7.55. The van der Waals surface area contributed by atoms with E-state index >= 15 is 0 Å². The number of thiophene rings is 1. The lowest BCUT2D eigenvalue weighted by atomic mass is 9.97. The predicted molar refractivity (Wildman–Crippen MR) is 84.0 cm³/mol. The molecule has 1 aliphatic heterocycles. The minimum Gasteiger partial charge on any atom is -0.341 e. The highest BCUT2D eigenvalue weighted by molar-refractivity contribution is 7.17. The van der Waals surface area contributed by atoms with Crippen molar-refractivity contribution in [1.82, 2.24) is 14.5 Å². The van der Waals surface area contributed by atoms with Crippen molar-refractivity contribution < 1.29 is 18.0 Å². The average molecular weight is 359 g/mol. The number of carbonyl (C=O) groups excluding carboxylic acids is 1. The van der Waals surface area contributed by atoms with Crippen molar-refractivity contribution in [2.75, 3.05) is 13.1 Å². The molecule has 1 atom stereocenters. The van der Waals surface area contributed by atoms with Gasteiger partial charge in [0.15, 0.2) is 0 Å². The number of hydrogen-bond acceptors (Lipinski definition) is 4. The van der Waals surface area contributed by atoms with Gasteiger partial charge in [-0.05, 0) is 30.7 Å². The minimum atomic E-state index is -4.30. The number of carbonyl (C=O) groups is 1. The van der Waals surface area contributed by atoms with Crippen LogP contribution in [-0.4, -0.2) is 39.6 Å². The van der Waals surface area contributed by atoms with Crippen molar-refractivity contribution in [3.05, 3.63) is 27.6 Å². The van der Waals surface area contributed by atoms with E-state index in [2.05, 4.69) is 4.98 Å². The molecule has 2 aromatic rings. The number of likely N-dealkylation sites (tertiary alicyclic amines) is 1. The topological polar surface area (TPSA) is 55.2 Å². The molecule has 9 heteroatoms. The zero-order valence-corrected chi connectivity index (χ0v) is 13.8. The number of nitrogens with zero attached hydrogens (tertiary/aromatic N) is 3. The largest absolute Gasteiger partial charge is 0.393 e. The molecule has 3 rings (SSSR count). The van der Waals surface area contributed by atoms with Gasteiger partial charge in [0.1, 0.15) is 11.2 Å². The second-order valence-electron chi connectivity index (χ2n) is 5.99. The van der Waals surface area contributed by atoms with Gasteiger partial charge in [-0.3, -0.25) is 14.2 Å². The lowest BCUT2D eigenvalue weighted by molar-refractivity contribution is -0.188. The summed E-state index contributed by atoms with van der Waals surface area (Å²) in [5, 5.41) is 1.81. The standard InChI is InChI=1S/C15H16F3N3O2S/c1-9-7-24-13-12(9)19-8-21(14(13)23)6-11(22)20-4-2-3-10(5-20)15(16,17)18/h7-8,10H,2-6H2,1H3. The fraction of sp³-hybridized carbons (Fsp3) is 0.533. The predicted octanol–water partition coefficient (Wildman–Crippen LogP) is 2.57. The smallest absolute Gasteiger partial charge is 0.341 e. The molecule has 1 saturated heterocycles. The SMILES string of the molecule is Cc1csc2c(=O)n(CC(=O)N3CCCC(C(F)(F)F)C3)cnc12. The summed E-state index contributed by atoms with van der Waals surface area (Å²) in [7, 11) is 0. The van der Waals surface area contributed by atoms with Gasteiger partial charge >= 0.3 is 6.18 Å². The number of fused-ring (bicyclic) bond motifs is 1. The molecule has 1 aliphatic rings. The molecule has 130 valence electrons. The Balaban J connectivity index is 1.77. The molecule has 0 aromatic carbocycles. The molecule has 0 spiro atoms. The molecule has 0 saturated carbocycles. The Morgan fingerprint density at radius 1 is 1.46 bits per heavy atom. The number of amides is 1. The van der Waals surface area contributed by atoms with Crippen LogP contribution >= 0.6 is 11.3 Å². The molecule has 5 nitrogen and oxygen atoms in total. The van der Waals surface area contributed by atoms with Crippen LogP contribution in [0.5, 0.6) is 0 Å². The quantitative estimate of drug-likeness (QED) is 0.828. The van der Waals surface area contributed by atoms with E-state index < -0.39 is 18.0 Å². The summed E-state index contributed by atoms with van der Waals surface area (Å²) in [6, 6.07) is 0. The average Bonchev–Trinajstić information content (AvgIpc) is 2.91. The monoisotopic (exact) mass is 359 g/mol. The third-order valence-corrected chi connectivity index (χ3v) is 5.34. The van der Waals surface area contributed by atoms with Crippen LogP contribution < -0.4 is 5.56 Å². The summed E-state index contributed by atoms with van der Waals surface area (Å²) >= 11 is 1.25. The van der Waals surface area contributed by atoms with E-state index in [1.165, 1.54) is 22.6 Å². The van der Waals surface area contributed by atoms with Crippen molar-refractivity contribution >= 4 is 27.5 Å². The molecule has 0 bridgehead atoms. The normalized spacial score (nSPS) is 19.0. The molecule has 24 heavy (non-hydrogen) atoms. The minimum absolute atomic E-state index is 0.0369. The van der Waals surface area contributed by atoms with Crippen LogP contribution in [0.3, 0.4) is 0 Å². The second-order valence-corrected chi connectivity index (χ2v) is 6.87. The fourth-order valence-corrected chi connectivity index (χ4v) is 3.84. The summed E-state index contributed by atoms with van der Waals surface area (Å²) in [5.41, 5.74) is 1.15. The van der Waals surface area contributed by atoms with Gasteiger partial charge in [-0.25, -0.2) is 4.98 Å². The van der Waals surface area contributed by atoms with Crippen LogP contribution in [0, 0.1) is 12.8 Å². The fourth-order valence-electron chi connectivity index (χ4n) is 2.89. The Hall–Kier alpha value is -1.90. The van der Waals surface area contributed by atoms with E-state index in [-0.39, 0.29) is 31.6 Å². The Labute approximate surface area is 139 Å². The van der Waals surface area contributed by atoms with E-state index in [4.69, 9.17) is 0 Å². The van der Waals surface area contributed by atoms with Gasteiger partial charge in [0, 0.05) is 13.1 Å². The van der Waals surface area contributed by atoms with Gasteiger partial charge in [0.25, 0.3) is 5.56 Å². The second kappa shape index (κ2) is 6.19. The van der Waals surface area contributed by atoms with Gasteiger partial charge in [-0.15, -0.1) is 11.3 Å². The first kappa shape index (κ1) is 16.9. The molecular weight excluding hydrogens is 343 g/mol. The zero-order valence-electron chi connectivity index (χ0n) is 13.0. The van der Waals surface area contributed by atoms with Crippen LogP contribution in [0.2, 0.25) is 0 Å². The first-order valence-corrected chi connectivity index (χ1v) is 8.43. The van der Waals surface area contributed by atoms with Gasteiger partial charge in [-0.1, -0.05) is 0 Å². The van der Waals surface area contributed by atoms with Crippen molar-refractivity contribution in [2.24, 2.45) is 5.92 Å². The summed E-state index contributed by atoms with van der Waals surface area (Å²) in [6.07, 6.45) is -2.67. The van der Waals surface area contributed by atoms with Crippen molar-refractivity contribution in [2.45, 2.75) is 32.5 Å². The zero-order chi connectivity index (χ0) is 17.5. The molecule has 0 aliphatic carbocycles. The van der Waals surface area contributed by atoms with E-state index in [9.17, 15) is 22.8 Å². The Morgan fingerprint density at radius 2 is 2.21 bits per heavy atom. The number of piperidine rings is 1. The summed E-state index contributed by atoms with van der Waals surface area (Å²) < 4.78 is 40.2. The number of rotatable bonds is 2. The molecule has 2 aromatic heterocycles. The summed E-state index contributed by atoms with van der Waals surface area (Å²) in [5.74, 6) is -1.98. The molecule has 0 N–H and O–H groups in total. The highest BCUT2D eigenvalue weighted by atomic mass is 32.1. The molecule has 3 heterocycles. The lowest BCUT2D eigenvalue weighted by Crippen LogP contribution is -2.46. The first-order chi connectivity index (χ1) is 11.3. The Morgan fingerprint density at radius 3 is 2.92 bits per heavy atom. The number of halogens is 3. The van der Waals surface area contributed by atoms with Crippen molar-refractivity contribution in [3.63, 3.8) is 0 Å². The van der Waals surface area contributed by atoms with Crippen LogP contribution in [0.25, 0.3) is 10.2 Å². The highest BCUT2D eigenvalue weighted by Gasteiger charge is 2.42. The maximum Gasteiger partial charge on any atom is 0.393 e. The van der Waals surface area contributed by atoms with Crippen LogP contribution in [0.4, 0.5) is 13.2 Å². The van der Waals surface area contributed by atoms with Gasteiger partial charge in [-0.2, -0.15) is 13.2 Å². The maximum atomic E-state index is 12.8. The Kier molecular flexibility index (Phi) is 4.37. The summed E-state index contributed by atoms with van der Waals surface area (Å²) in [4.78, 5) is 30.0. The van der Waals surface area contributed by atoms with Gasteiger partial charge in [0.2, 0.25) is 5.91 Å². The highest BCUT2D eigenvalue weighted by Crippen LogP contribution is 2.33. The molecule has 1 unspecified atom stereocenters. The molecule has 1 amide bonds. The lowest BCUT2D eigenvalue weighted by Gasteiger charge is -2.33. The number of aryl methyl sites for hydroxylation is 1. The van der Waals surface area contributed by atoms with E-state index in [0.29, 0.717) is 16.6 Å². The van der Waals surface area contributed by atoms with Crippen LogP contribution in [0.15, 0.2) is 16.5 Å². The van der Waals surface area contributed by atoms with Gasteiger partial charge in [0.05, 0.1) is 17.8 Å². The molecule has 0 radical (unpaired) electrons. The number of alkyl halides is 3. The molecule has 1 fully saturated rings. The maximum absolute atomic E-state index is 12.8. The van der Waals surface area contributed by atoms with Gasteiger partial charge < -0.3 is 4.90 Å². The van der Waals surface area contributed by atoms with E-state index in [0.717, 1.165) is 10.1 Å². The van der Waals surface area contributed by atoms with Crippen LogP contribution in [0.1, 0.15) is 18.4 Å². The summed E-state index contributed by atoms with van der Waals surface area (Å²) in [6.45, 7) is 1.49.